The zero-order valence-electron chi connectivity index (χ0n) is 18.0. The average molecular weight is 413 g/mol. The molecule has 1 aliphatic heterocycles. The fourth-order valence-corrected chi connectivity index (χ4v) is 4.27. The Hall–Kier alpha value is -3.28. The van der Waals surface area contributed by atoms with E-state index in [-0.39, 0.29) is 0 Å². The lowest BCUT2D eigenvalue weighted by molar-refractivity contribution is 0.571. The highest BCUT2D eigenvalue weighted by molar-refractivity contribution is 5.45. The average Bonchev–Trinajstić information content (AvgIpc) is 3.27. The fourth-order valence-electron chi connectivity index (χ4n) is 4.27. The standard InChI is InChI=1S/C25H28N6/c1-2-19-6-8-26-21(14-19)17-23-28-22(18-25(29-23)30-10-4-3-5-11-30)15-20-7-12-31-13-9-27-24(31)16-20/h6-9,12-14,16,18H,2-5,10-11,15,17H2,1H3. The predicted molar refractivity (Wildman–Crippen MR) is 123 cm³/mol. The van der Waals surface area contributed by atoms with E-state index < -0.39 is 0 Å². The van der Waals surface area contributed by atoms with E-state index in [4.69, 9.17) is 9.97 Å². The number of fused-ring (bicyclic) bond motifs is 1. The van der Waals surface area contributed by atoms with Gasteiger partial charge in [-0.05, 0) is 61.1 Å². The predicted octanol–water partition coefficient (Wildman–Crippen LogP) is 4.25. The Labute approximate surface area is 183 Å². The molecule has 31 heavy (non-hydrogen) atoms. The summed E-state index contributed by atoms with van der Waals surface area (Å²) in [4.78, 5) is 21.3. The molecule has 5 rings (SSSR count). The summed E-state index contributed by atoms with van der Waals surface area (Å²) in [7, 11) is 0. The molecule has 0 bridgehead atoms. The van der Waals surface area contributed by atoms with Gasteiger partial charge in [-0.3, -0.25) is 4.98 Å². The maximum Gasteiger partial charge on any atom is 0.136 e. The number of nitrogens with zero attached hydrogens (tertiary/aromatic N) is 6. The van der Waals surface area contributed by atoms with E-state index in [1.807, 2.05) is 23.0 Å². The first-order valence-corrected chi connectivity index (χ1v) is 11.2. The second kappa shape index (κ2) is 8.84. The number of aromatic nitrogens is 5. The Morgan fingerprint density at radius 2 is 1.71 bits per heavy atom. The summed E-state index contributed by atoms with van der Waals surface area (Å²) in [6, 6.07) is 10.7. The van der Waals surface area contributed by atoms with Crippen molar-refractivity contribution >= 4 is 11.5 Å². The first-order valence-electron chi connectivity index (χ1n) is 11.2. The quantitative estimate of drug-likeness (QED) is 0.474. The topological polar surface area (TPSA) is 59.2 Å². The fraction of sp³-hybridized carbons (Fsp3) is 0.360. The van der Waals surface area contributed by atoms with Gasteiger partial charge in [-0.15, -0.1) is 0 Å². The van der Waals surface area contributed by atoms with E-state index in [1.54, 1.807) is 0 Å². The van der Waals surface area contributed by atoms with Crippen molar-refractivity contribution in [1.82, 2.24) is 24.3 Å². The highest BCUT2D eigenvalue weighted by Gasteiger charge is 2.16. The molecule has 6 nitrogen and oxygen atoms in total. The van der Waals surface area contributed by atoms with Crippen molar-refractivity contribution in [3.63, 3.8) is 0 Å². The van der Waals surface area contributed by atoms with Gasteiger partial charge in [0.15, 0.2) is 0 Å². The Bertz CT molecular complexity index is 1180. The number of piperidine rings is 1. The Kier molecular flexibility index (Phi) is 5.61. The molecule has 6 heteroatoms. The highest BCUT2D eigenvalue weighted by Crippen LogP contribution is 2.21. The van der Waals surface area contributed by atoms with E-state index in [0.29, 0.717) is 6.42 Å². The van der Waals surface area contributed by atoms with Gasteiger partial charge in [0.05, 0.1) is 12.1 Å². The van der Waals surface area contributed by atoms with Crippen LogP contribution in [-0.2, 0) is 19.3 Å². The zero-order chi connectivity index (χ0) is 21.0. The van der Waals surface area contributed by atoms with Crippen molar-refractivity contribution in [2.24, 2.45) is 0 Å². The number of hydrogen-bond donors (Lipinski definition) is 0. The molecule has 1 fully saturated rings. The van der Waals surface area contributed by atoms with Gasteiger partial charge in [-0.2, -0.15) is 0 Å². The molecule has 0 aromatic carbocycles. The SMILES string of the molecule is CCc1ccnc(Cc2nc(Cc3ccn4ccnc4c3)cc(N3CCCCC3)n2)c1. The first kappa shape index (κ1) is 19.7. The molecule has 0 spiro atoms. The Balaban J connectivity index is 1.47. The van der Waals surface area contributed by atoms with Crippen molar-refractivity contribution in [3.05, 3.63) is 83.5 Å². The van der Waals surface area contributed by atoms with Gasteiger partial charge in [0.25, 0.3) is 0 Å². The molecule has 1 aliphatic rings. The lowest BCUT2D eigenvalue weighted by atomic mass is 10.1. The lowest BCUT2D eigenvalue weighted by Crippen LogP contribution is -2.30. The lowest BCUT2D eigenvalue weighted by Gasteiger charge is -2.28. The molecule has 0 unspecified atom stereocenters. The molecule has 4 aromatic rings. The number of anilines is 1. The largest absolute Gasteiger partial charge is 0.357 e. The summed E-state index contributed by atoms with van der Waals surface area (Å²) < 4.78 is 2.03. The molecule has 0 N–H and O–H groups in total. The van der Waals surface area contributed by atoms with Gasteiger partial charge in [-0.25, -0.2) is 15.0 Å². The Morgan fingerprint density at radius 3 is 2.58 bits per heavy atom. The van der Waals surface area contributed by atoms with Crippen molar-refractivity contribution in [1.29, 1.82) is 0 Å². The van der Waals surface area contributed by atoms with E-state index >= 15 is 0 Å². The van der Waals surface area contributed by atoms with Crippen LogP contribution in [0.1, 0.15) is 54.5 Å². The summed E-state index contributed by atoms with van der Waals surface area (Å²) in [6.45, 7) is 4.31. The third-order valence-corrected chi connectivity index (χ3v) is 5.97. The van der Waals surface area contributed by atoms with Crippen molar-refractivity contribution in [3.8, 4) is 0 Å². The number of hydrogen-bond acceptors (Lipinski definition) is 5. The molecule has 0 atom stereocenters. The maximum absolute atomic E-state index is 4.95. The van der Waals surface area contributed by atoms with Crippen LogP contribution in [0.4, 0.5) is 5.82 Å². The molecule has 4 aromatic heterocycles. The summed E-state index contributed by atoms with van der Waals surface area (Å²) in [5.41, 5.74) is 5.54. The van der Waals surface area contributed by atoms with Crippen molar-refractivity contribution in [2.45, 2.75) is 45.4 Å². The van der Waals surface area contributed by atoms with E-state index in [9.17, 15) is 0 Å². The van der Waals surface area contributed by atoms with Crippen LogP contribution in [0.5, 0.6) is 0 Å². The first-order chi connectivity index (χ1) is 15.3. The van der Waals surface area contributed by atoms with E-state index in [0.717, 1.165) is 54.6 Å². The minimum atomic E-state index is 0.655. The van der Waals surface area contributed by atoms with Crippen LogP contribution >= 0.6 is 0 Å². The van der Waals surface area contributed by atoms with Crippen LogP contribution in [0.3, 0.4) is 0 Å². The van der Waals surface area contributed by atoms with Crippen LogP contribution < -0.4 is 4.90 Å². The molecule has 0 radical (unpaired) electrons. The van der Waals surface area contributed by atoms with Gasteiger partial charge in [-0.1, -0.05) is 6.92 Å². The van der Waals surface area contributed by atoms with Gasteiger partial charge in [0.1, 0.15) is 17.3 Å². The van der Waals surface area contributed by atoms with Crippen molar-refractivity contribution in [2.75, 3.05) is 18.0 Å². The van der Waals surface area contributed by atoms with Crippen molar-refractivity contribution < 1.29 is 0 Å². The summed E-state index contributed by atoms with van der Waals surface area (Å²) >= 11 is 0. The zero-order valence-corrected chi connectivity index (χ0v) is 18.0. The Morgan fingerprint density at radius 1 is 0.806 bits per heavy atom. The normalized spacial score (nSPS) is 14.3. The molecule has 1 saturated heterocycles. The molecule has 0 aliphatic carbocycles. The second-order valence-electron chi connectivity index (χ2n) is 8.27. The van der Waals surface area contributed by atoms with Gasteiger partial charge < -0.3 is 9.30 Å². The highest BCUT2D eigenvalue weighted by atomic mass is 15.2. The third-order valence-electron chi connectivity index (χ3n) is 5.97. The number of rotatable bonds is 6. The number of pyridine rings is 2. The summed E-state index contributed by atoms with van der Waals surface area (Å²) in [6.07, 6.45) is 13.9. The van der Waals surface area contributed by atoms with E-state index in [1.165, 1.54) is 30.4 Å². The molecule has 0 saturated carbocycles. The van der Waals surface area contributed by atoms with Crippen LogP contribution in [-0.4, -0.2) is 37.4 Å². The van der Waals surface area contributed by atoms with Crippen LogP contribution in [0, 0.1) is 0 Å². The van der Waals surface area contributed by atoms with Crippen LogP contribution in [0.15, 0.2) is 55.1 Å². The maximum atomic E-state index is 4.95. The third kappa shape index (κ3) is 4.58. The smallest absolute Gasteiger partial charge is 0.136 e. The van der Waals surface area contributed by atoms with Gasteiger partial charge in [0, 0.05) is 56.1 Å². The monoisotopic (exact) mass is 412 g/mol. The van der Waals surface area contributed by atoms with Gasteiger partial charge in [0.2, 0.25) is 0 Å². The van der Waals surface area contributed by atoms with Crippen LogP contribution in [0.2, 0.25) is 0 Å². The van der Waals surface area contributed by atoms with E-state index in [2.05, 4.69) is 58.3 Å². The molecule has 158 valence electrons. The minimum absolute atomic E-state index is 0.655. The second-order valence-corrected chi connectivity index (χ2v) is 8.27. The molecule has 0 amide bonds. The minimum Gasteiger partial charge on any atom is -0.357 e. The summed E-state index contributed by atoms with van der Waals surface area (Å²) in [5.74, 6) is 1.90. The van der Waals surface area contributed by atoms with Gasteiger partial charge >= 0.3 is 0 Å². The molecule has 5 heterocycles. The number of aryl methyl sites for hydroxylation is 1. The number of imidazole rings is 1. The molecular weight excluding hydrogens is 384 g/mol. The molecular formula is C25H28N6. The summed E-state index contributed by atoms with van der Waals surface area (Å²) in [5, 5.41) is 0. The van der Waals surface area contributed by atoms with Crippen LogP contribution in [0.25, 0.3) is 5.65 Å².